The molecule has 0 heterocycles. The molecule has 0 aromatic carbocycles. The van der Waals surface area contributed by atoms with Crippen molar-refractivity contribution >= 4 is 5.71 Å². The minimum Gasteiger partial charge on any atom is -0.290 e. The molecule has 0 aromatic rings. The van der Waals surface area contributed by atoms with Gasteiger partial charge in [-0.05, 0) is 43.4 Å². The number of hydrogen-bond acceptors (Lipinski definition) is 1. The van der Waals surface area contributed by atoms with E-state index in [1.165, 1.54) is 51.4 Å². The van der Waals surface area contributed by atoms with Crippen LogP contribution < -0.4 is 0 Å². The summed E-state index contributed by atoms with van der Waals surface area (Å²) < 4.78 is 0. The first-order valence-corrected chi connectivity index (χ1v) is 7.61. The molecule has 3 aliphatic carbocycles. The number of rotatable bonds is 1. The lowest BCUT2D eigenvalue weighted by molar-refractivity contribution is 0.193. The average molecular weight is 233 g/mol. The third kappa shape index (κ3) is 1.61. The number of hydrogen-bond donors (Lipinski definition) is 0. The van der Waals surface area contributed by atoms with Gasteiger partial charge < -0.3 is 0 Å². The van der Waals surface area contributed by atoms with Crippen LogP contribution >= 0.6 is 0 Å². The van der Waals surface area contributed by atoms with Crippen LogP contribution in [0.5, 0.6) is 0 Å². The molecule has 1 nitrogen and oxygen atoms in total. The van der Waals surface area contributed by atoms with E-state index < -0.39 is 0 Å². The van der Waals surface area contributed by atoms with Gasteiger partial charge in [-0.3, -0.25) is 4.99 Å². The molecular formula is C16H27N. The molecule has 1 heteroatoms. The standard InChI is InChI=1S/C16H27N/c1-15(2)12-9-10-16(15,3)14(11-12)17-13-7-5-4-6-8-13/h12-13H,4-11H2,1-3H3/t12-,16+/m1/s1. The Morgan fingerprint density at radius 2 is 1.71 bits per heavy atom. The Kier molecular flexibility index (Phi) is 2.65. The summed E-state index contributed by atoms with van der Waals surface area (Å²) in [7, 11) is 0. The molecule has 0 aliphatic heterocycles. The molecule has 3 saturated carbocycles. The highest BCUT2D eigenvalue weighted by Crippen LogP contribution is 2.64. The number of fused-ring (bicyclic) bond motifs is 2. The molecule has 96 valence electrons. The van der Waals surface area contributed by atoms with Crippen molar-refractivity contribution < 1.29 is 0 Å². The van der Waals surface area contributed by atoms with E-state index in [2.05, 4.69) is 20.8 Å². The summed E-state index contributed by atoms with van der Waals surface area (Å²) in [6, 6.07) is 0.672. The second-order valence-corrected chi connectivity index (χ2v) is 7.36. The van der Waals surface area contributed by atoms with Crippen LogP contribution in [-0.2, 0) is 0 Å². The second-order valence-electron chi connectivity index (χ2n) is 7.36. The highest BCUT2D eigenvalue weighted by Gasteiger charge is 2.59. The molecule has 17 heavy (non-hydrogen) atoms. The summed E-state index contributed by atoms with van der Waals surface area (Å²) in [4.78, 5) is 5.20. The van der Waals surface area contributed by atoms with Crippen molar-refractivity contribution in [2.45, 2.75) is 78.2 Å². The largest absolute Gasteiger partial charge is 0.290 e. The molecule has 3 rings (SSSR count). The van der Waals surface area contributed by atoms with Gasteiger partial charge >= 0.3 is 0 Å². The molecule has 2 atom stereocenters. The van der Waals surface area contributed by atoms with Crippen LogP contribution in [0, 0.1) is 16.7 Å². The molecule has 0 unspecified atom stereocenters. The molecule has 0 spiro atoms. The van der Waals surface area contributed by atoms with Crippen molar-refractivity contribution in [3.05, 3.63) is 0 Å². The van der Waals surface area contributed by atoms with Crippen LogP contribution in [0.1, 0.15) is 72.1 Å². The monoisotopic (exact) mass is 233 g/mol. The summed E-state index contributed by atoms with van der Waals surface area (Å²) >= 11 is 0. The van der Waals surface area contributed by atoms with E-state index in [1.807, 2.05) is 0 Å². The zero-order valence-corrected chi connectivity index (χ0v) is 11.8. The van der Waals surface area contributed by atoms with Crippen molar-refractivity contribution in [2.75, 3.05) is 0 Å². The Labute approximate surface area is 106 Å². The van der Waals surface area contributed by atoms with Crippen molar-refractivity contribution in [1.82, 2.24) is 0 Å². The fraction of sp³-hybridized carbons (Fsp3) is 0.938. The highest BCUT2D eigenvalue weighted by atomic mass is 14.9. The fourth-order valence-electron chi connectivity index (χ4n) is 4.55. The third-order valence-corrected chi connectivity index (χ3v) is 6.43. The fourth-order valence-corrected chi connectivity index (χ4v) is 4.55. The molecule has 0 N–H and O–H groups in total. The summed E-state index contributed by atoms with van der Waals surface area (Å²) in [5.41, 5.74) is 2.51. The molecular weight excluding hydrogens is 206 g/mol. The Balaban J connectivity index is 1.83. The van der Waals surface area contributed by atoms with Crippen LogP contribution in [0.25, 0.3) is 0 Å². The molecule has 0 radical (unpaired) electrons. The summed E-state index contributed by atoms with van der Waals surface area (Å²) in [5, 5.41) is 0. The quantitative estimate of drug-likeness (QED) is 0.627. The van der Waals surface area contributed by atoms with Gasteiger partial charge in [-0.1, -0.05) is 40.0 Å². The van der Waals surface area contributed by atoms with E-state index in [0.717, 1.165) is 5.92 Å². The zero-order valence-electron chi connectivity index (χ0n) is 11.8. The smallest absolute Gasteiger partial charge is 0.0499 e. The maximum Gasteiger partial charge on any atom is 0.0499 e. The molecule has 0 aromatic heterocycles. The van der Waals surface area contributed by atoms with Crippen LogP contribution in [0.15, 0.2) is 4.99 Å². The topological polar surface area (TPSA) is 12.4 Å². The van der Waals surface area contributed by atoms with Crippen molar-refractivity contribution in [3.63, 3.8) is 0 Å². The predicted octanol–water partition coefficient (Wildman–Crippen LogP) is 4.61. The summed E-state index contributed by atoms with van der Waals surface area (Å²) in [5.74, 6) is 0.912. The van der Waals surface area contributed by atoms with Gasteiger partial charge in [0.1, 0.15) is 0 Å². The van der Waals surface area contributed by atoms with E-state index in [-0.39, 0.29) is 0 Å². The van der Waals surface area contributed by atoms with Gasteiger partial charge in [0.15, 0.2) is 0 Å². The maximum atomic E-state index is 5.20. The minimum absolute atomic E-state index is 0.426. The minimum atomic E-state index is 0.426. The maximum absolute atomic E-state index is 5.20. The lowest BCUT2D eigenvalue weighted by Gasteiger charge is -2.35. The number of aliphatic imine (C=N–C) groups is 1. The van der Waals surface area contributed by atoms with Gasteiger partial charge in [-0.15, -0.1) is 0 Å². The van der Waals surface area contributed by atoms with E-state index in [9.17, 15) is 0 Å². The third-order valence-electron chi connectivity index (χ3n) is 6.43. The van der Waals surface area contributed by atoms with E-state index in [1.54, 1.807) is 5.71 Å². The van der Waals surface area contributed by atoms with E-state index >= 15 is 0 Å². The Morgan fingerprint density at radius 1 is 1.00 bits per heavy atom. The molecule has 2 bridgehead atoms. The zero-order chi connectivity index (χ0) is 12.1. The normalized spacial score (nSPS) is 43.5. The van der Waals surface area contributed by atoms with Gasteiger partial charge in [0.05, 0.1) is 0 Å². The predicted molar refractivity (Wildman–Crippen MR) is 73.5 cm³/mol. The lowest BCUT2D eigenvalue weighted by Crippen LogP contribution is -2.33. The van der Waals surface area contributed by atoms with Gasteiger partial charge in [0, 0.05) is 17.2 Å². The van der Waals surface area contributed by atoms with Crippen molar-refractivity contribution in [1.29, 1.82) is 0 Å². The SMILES string of the molecule is CC1(C)[C@@H]2CC[C@@]1(C)C(=NC1CCCCC1)C2. The molecule has 0 amide bonds. The Morgan fingerprint density at radius 3 is 2.24 bits per heavy atom. The Hall–Kier alpha value is -0.330. The highest BCUT2D eigenvalue weighted by molar-refractivity contribution is 5.94. The van der Waals surface area contributed by atoms with E-state index in [0.29, 0.717) is 16.9 Å². The van der Waals surface area contributed by atoms with Crippen LogP contribution in [-0.4, -0.2) is 11.8 Å². The lowest BCUT2D eigenvalue weighted by atomic mass is 9.70. The first-order valence-electron chi connectivity index (χ1n) is 7.61. The molecule has 0 saturated heterocycles. The number of nitrogens with zero attached hydrogens (tertiary/aromatic N) is 1. The van der Waals surface area contributed by atoms with Crippen molar-refractivity contribution in [3.8, 4) is 0 Å². The second kappa shape index (κ2) is 3.83. The summed E-state index contributed by atoms with van der Waals surface area (Å²) in [6.45, 7) is 7.45. The first kappa shape index (κ1) is 11.7. The van der Waals surface area contributed by atoms with Crippen LogP contribution in [0.2, 0.25) is 0 Å². The van der Waals surface area contributed by atoms with Crippen LogP contribution in [0.3, 0.4) is 0 Å². The van der Waals surface area contributed by atoms with Gasteiger partial charge in [-0.2, -0.15) is 0 Å². The van der Waals surface area contributed by atoms with Gasteiger partial charge in [-0.25, -0.2) is 0 Å². The van der Waals surface area contributed by atoms with E-state index in [4.69, 9.17) is 4.99 Å². The van der Waals surface area contributed by atoms with Gasteiger partial charge in [0.2, 0.25) is 0 Å². The first-order chi connectivity index (χ1) is 8.04. The Bertz CT molecular complexity index is 335. The molecule has 3 aliphatic rings. The van der Waals surface area contributed by atoms with Gasteiger partial charge in [0.25, 0.3) is 0 Å². The van der Waals surface area contributed by atoms with Crippen molar-refractivity contribution in [2.24, 2.45) is 21.7 Å². The summed E-state index contributed by atoms with van der Waals surface area (Å²) in [6.07, 6.45) is 11.1. The molecule has 3 fully saturated rings. The average Bonchev–Trinajstić information content (AvgIpc) is 2.63. The van der Waals surface area contributed by atoms with Crippen LogP contribution in [0.4, 0.5) is 0 Å².